The van der Waals surface area contributed by atoms with E-state index in [9.17, 15) is 14.7 Å². The molecule has 24 heavy (non-hydrogen) atoms. The van der Waals surface area contributed by atoms with Crippen molar-refractivity contribution in [2.75, 3.05) is 19.6 Å². The summed E-state index contributed by atoms with van der Waals surface area (Å²) >= 11 is 6.24. The van der Waals surface area contributed by atoms with Gasteiger partial charge in [0.05, 0.1) is 6.10 Å². The molecule has 0 spiro atoms. The fourth-order valence-electron chi connectivity index (χ4n) is 3.44. The lowest BCUT2D eigenvalue weighted by Crippen LogP contribution is -2.48. The third-order valence-electron chi connectivity index (χ3n) is 4.71. The summed E-state index contributed by atoms with van der Waals surface area (Å²) < 4.78 is 0. The number of likely N-dealkylation sites (tertiary alicyclic amines) is 1. The molecule has 6 heteroatoms. The summed E-state index contributed by atoms with van der Waals surface area (Å²) in [5.41, 5.74) is 2.15. The molecular formula is C18H21ClN2O3. The highest BCUT2D eigenvalue weighted by Gasteiger charge is 2.39. The number of carbonyl (C=O) groups is 2. The van der Waals surface area contributed by atoms with Crippen LogP contribution in [0.15, 0.2) is 30.3 Å². The molecule has 2 heterocycles. The molecule has 1 aromatic rings. The fraction of sp³-hybridized carbons (Fsp3) is 0.444. The third kappa shape index (κ3) is 3.32. The molecular weight excluding hydrogens is 328 g/mol. The third-order valence-corrected chi connectivity index (χ3v) is 5.04. The molecule has 0 unspecified atom stereocenters. The number of amides is 2. The van der Waals surface area contributed by atoms with Gasteiger partial charge in [0, 0.05) is 38.0 Å². The van der Waals surface area contributed by atoms with E-state index in [0.717, 1.165) is 17.6 Å². The van der Waals surface area contributed by atoms with E-state index in [4.69, 9.17) is 11.6 Å². The first kappa shape index (κ1) is 17.0. The van der Waals surface area contributed by atoms with Crippen molar-refractivity contribution in [3.8, 4) is 0 Å². The number of nitrogens with zero attached hydrogens (tertiary/aromatic N) is 2. The largest absolute Gasteiger partial charge is 0.391 e. The predicted molar refractivity (Wildman–Crippen MR) is 92.4 cm³/mol. The van der Waals surface area contributed by atoms with Crippen LogP contribution in [0.5, 0.6) is 0 Å². The van der Waals surface area contributed by atoms with Crippen LogP contribution in [-0.4, -0.2) is 58.5 Å². The molecule has 2 amide bonds. The van der Waals surface area contributed by atoms with Gasteiger partial charge < -0.3 is 14.9 Å². The Bertz CT molecular complexity index is 689. The van der Waals surface area contributed by atoms with Gasteiger partial charge in [-0.05, 0) is 23.6 Å². The number of halogens is 1. The second-order valence-electron chi connectivity index (χ2n) is 6.32. The molecule has 1 aromatic carbocycles. The first-order chi connectivity index (χ1) is 11.5. The van der Waals surface area contributed by atoms with Gasteiger partial charge >= 0.3 is 0 Å². The van der Waals surface area contributed by atoms with E-state index in [1.807, 2.05) is 30.3 Å². The summed E-state index contributed by atoms with van der Waals surface area (Å²) in [5, 5.41) is 10.5. The molecule has 0 aliphatic carbocycles. The normalized spacial score (nSPS) is 24.0. The fourth-order valence-corrected chi connectivity index (χ4v) is 3.70. The highest BCUT2D eigenvalue weighted by molar-refractivity contribution is 6.32. The van der Waals surface area contributed by atoms with Crippen molar-refractivity contribution in [1.82, 2.24) is 9.80 Å². The number of benzene rings is 1. The Balaban J connectivity index is 1.71. The number of aliphatic hydroxyl groups excluding tert-OH is 1. The second kappa shape index (κ2) is 6.95. The van der Waals surface area contributed by atoms with Gasteiger partial charge in [0.25, 0.3) is 0 Å². The average molecular weight is 349 g/mol. The van der Waals surface area contributed by atoms with Crippen LogP contribution in [0.3, 0.4) is 0 Å². The Morgan fingerprint density at radius 1 is 1.29 bits per heavy atom. The molecule has 2 atom stereocenters. The number of rotatable bonds is 2. The molecule has 2 aliphatic rings. The van der Waals surface area contributed by atoms with E-state index in [2.05, 4.69) is 0 Å². The number of hydrogen-bond donors (Lipinski definition) is 1. The number of carbonyl (C=O) groups excluding carboxylic acids is 2. The number of β-amino-alcohol motifs (C(OH)–C–C–N with tert-alkyl or cyclic N) is 1. The van der Waals surface area contributed by atoms with E-state index in [-0.39, 0.29) is 18.4 Å². The average Bonchev–Trinajstić information content (AvgIpc) is 2.97. The molecule has 1 saturated heterocycles. The highest BCUT2D eigenvalue weighted by atomic mass is 35.5. The molecule has 0 radical (unpaired) electrons. The molecule has 128 valence electrons. The molecule has 0 aromatic heterocycles. The number of aliphatic hydroxyl groups is 1. The standard InChI is InChI=1S/C18H21ClN2O3/c1-12(22)21-11-14(23)10-17(21)18(24)20-8-6-13(7-9-20)15-4-2-3-5-16(15)19/h2-6,14,17,23H,7-11H2,1H3/t14-,17-/m1/s1. The van der Waals surface area contributed by atoms with Gasteiger partial charge in [0.1, 0.15) is 6.04 Å². The lowest BCUT2D eigenvalue weighted by molar-refractivity contribution is -0.142. The van der Waals surface area contributed by atoms with Gasteiger partial charge in [-0.3, -0.25) is 9.59 Å². The Labute approximate surface area is 146 Å². The molecule has 2 aliphatic heterocycles. The summed E-state index contributed by atoms with van der Waals surface area (Å²) in [7, 11) is 0. The van der Waals surface area contributed by atoms with Crippen LogP contribution in [0, 0.1) is 0 Å². The molecule has 0 saturated carbocycles. The van der Waals surface area contributed by atoms with Crippen molar-refractivity contribution in [3.63, 3.8) is 0 Å². The summed E-state index contributed by atoms with van der Waals surface area (Å²) in [4.78, 5) is 27.6. The Morgan fingerprint density at radius 3 is 2.67 bits per heavy atom. The molecule has 1 fully saturated rings. The van der Waals surface area contributed by atoms with Gasteiger partial charge in [0.15, 0.2) is 0 Å². The maximum absolute atomic E-state index is 12.7. The van der Waals surface area contributed by atoms with Crippen LogP contribution < -0.4 is 0 Å². The van der Waals surface area contributed by atoms with E-state index < -0.39 is 12.1 Å². The van der Waals surface area contributed by atoms with Crippen LogP contribution in [0.2, 0.25) is 5.02 Å². The highest BCUT2D eigenvalue weighted by Crippen LogP contribution is 2.29. The number of hydrogen-bond acceptors (Lipinski definition) is 3. The Morgan fingerprint density at radius 2 is 2.04 bits per heavy atom. The smallest absolute Gasteiger partial charge is 0.245 e. The zero-order chi connectivity index (χ0) is 17.3. The summed E-state index contributed by atoms with van der Waals surface area (Å²) in [6.07, 6.45) is 2.44. The molecule has 3 rings (SSSR count). The maximum atomic E-state index is 12.7. The minimum absolute atomic E-state index is 0.0868. The van der Waals surface area contributed by atoms with Gasteiger partial charge in [0.2, 0.25) is 11.8 Å². The van der Waals surface area contributed by atoms with Gasteiger partial charge in [-0.25, -0.2) is 0 Å². The van der Waals surface area contributed by atoms with Crippen LogP contribution >= 0.6 is 11.6 Å². The van der Waals surface area contributed by atoms with Crippen LogP contribution in [0.1, 0.15) is 25.3 Å². The SMILES string of the molecule is CC(=O)N1C[C@H](O)C[C@@H]1C(=O)N1CC=C(c2ccccc2Cl)CC1. The zero-order valence-electron chi connectivity index (χ0n) is 13.6. The van der Waals surface area contributed by atoms with Crippen molar-refractivity contribution in [2.45, 2.75) is 31.9 Å². The zero-order valence-corrected chi connectivity index (χ0v) is 14.4. The van der Waals surface area contributed by atoms with Crippen LogP contribution in [0.25, 0.3) is 5.57 Å². The minimum Gasteiger partial charge on any atom is -0.391 e. The Hall–Kier alpha value is -1.85. The van der Waals surface area contributed by atoms with Crippen molar-refractivity contribution in [3.05, 3.63) is 40.9 Å². The van der Waals surface area contributed by atoms with E-state index in [1.165, 1.54) is 11.8 Å². The van der Waals surface area contributed by atoms with Crippen molar-refractivity contribution in [1.29, 1.82) is 0 Å². The second-order valence-corrected chi connectivity index (χ2v) is 6.73. The van der Waals surface area contributed by atoms with Crippen LogP contribution in [0.4, 0.5) is 0 Å². The Kier molecular flexibility index (Phi) is 4.92. The van der Waals surface area contributed by atoms with Gasteiger partial charge in [-0.2, -0.15) is 0 Å². The predicted octanol–water partition coefficient (Wildman–Crippen LogP) is 1.94. The van der Waals surface area contributed by atoms with Gasteiger partial charge in [-0.1, -0.05) is 35.9 Å². The molecule has 5 nitrogen and oxygen atoms in total. The van der Waals surface area contributed by atoms with E-state index >= 15 is 0 Å². The first-order valence-corrected chi connectivity index (χ1v) is 8.53. The maximum Gasteiger partial charge on any atom is 0.245 e. The topological polar surface area (TPSA) is 60.9 Å². The summed E-state index contributed by atoms with van der Waals surface area (Å²) in [5.74, 6) is -0.259. The lowest BCUT2D eigenvalue weighted by Gasteiger charge is -2.32. The first-order valence-electron chi connectivity index (χ1n) is 8.15. The summed E-state index contributed by atoms with van der Waals surface area (Å²) in [6.45, 7) is 2.76. The molecule has 1 N–H and O–H groups in total. The van der Waals surface area contributed by atoms with Gasteiger partial charge in [-0.15, -0.1) is 0 Å². The quantitative estimate of drug-likeness (QED) is 0.888. The minimum atomic E-state index is -0.623. The van der Waals surface area contributed by atoms with E-state index in [1.54, 1.807) is 4.90 Å². The lowest BCUT2D eigenvalue weighted by atomic mass is 9.99. The van der Waals surface area contributed by atoms with Crippen molar-refractivity contribution in [2.24, 2.45) is 0 Å². The monoisotopic (exact) mass is 348 g/mol. The van der Waals surface area contributed by atoms with Crippen molar-refractivity contribution < 1.29 is 14.7 Å². The van der Waals surface area contributed by atoms with Crippen LogP contribution in [-0.2, 0) is 9.59 Å². The van der Waals surface area contributed by atoms with E-state index in [0.29, 0.717) is 24.5 Å². The molecule has 0 bridgehead atoms. The summed E-state index contributed by atoms with van der Waals surface area (Å²) in [6, 6.07) is 7.14. The van der Waals surface area contributed by atoms with Crippen molar-refractivity contribution >= 4 is 29.0 Å².